The van der Waals surface area contributed by atoms with Gasteiger partial charge in [0.2, 0.25) is 0 Å². The third-order valence-electron chi connectivity index (χ3n) is 14.2. The average Bonchev–Trinajstić information content (AvgIpc) is 3.90. The molecule has 318 valence electrons. The highest BCUT2D eigenvalue weighted by atomic mass is 15.1. The molecule has 0 saturated heterocycles. The van der Waals surface area contributed by atoms with Crippen LogP contribution in [0.4, 0.5) is 17.1 Å². The molecule has 0 fully saturated rings. The van der Waals surface area contributed by atoms with Crippen LogP contribution in [-0.4, -0.2) is 0 Å². The Labute approximate surface area is 398 Å². The van der Waals surface area contributed by atoms with Crippen molar-refractivity contribution in [1.29, 1.82) is 0 Å². The first-order chi connectivity index (χ1) is 33.7. The number of nitrogens with zero attached hydrogens (tertiary/aromatic N) is 1. The van der Waals surface area contributed by atoms with E-state index in [4.69, 9.17) is 0 Å². The second-order valence-corrected chi connectivity index (χ2v) is 18.0. The molecule has 1 nitrogen and oxygen atoms in total. The Balaban J connectivity index is 1.04. The number of benzene rings is 11. The van der Waals surface area contributed by atoms with Crippen LogP contribution >= 0.6 is 0 Å². The van der Waals surface area contributed by atoms with Gasteiger partial charge in [-0.15, -0.1) is 0 Å². The molecule has 0 amide bonds. The zero-order chi connectivity index (χ0) is 45.0. The molecule has 0 N–H and O–H groups in total. The number of hydrogen-bond donors (Lipinski definition) is 0. The quantitative estimate of drug-likeness (QED) is 0.147. The van der Waals surface area contributed by atoms with Crippen molar-refractivity contribution in [2.24, 2.45) is 0 Å². The third kappa shape index (κ3) is 6.39. The lowest BCUT2D eigenvalue weighted by Crippen LogP contribution is -2.26. The number of fused-ring (bicyclic) bond motifs is 10. The predicted octanol–water partition coefficient (Wildman–Crippen LogP) is 17.8. The zero-order valence-corrected chi connectivity index (χ0v) is 37.4. The summed E-state index contributed by atoms with van der Waals surface area (Å²) >= 11 is 0. The molecule has 0 unspecified atom stereocenters. The maximum absolute atomic E-state index is 2.46. The van der Waals surface area contributed by atoms with Crippen LogP contribution in [0.25, 0.3) is 77.9 Å². The van der Waals surface area contributed by atoms with Crippen molar-refractivity contribution in [2.45, 2.75) is 5.41 Å². The van der Waals surface area contributed by atoms with Gasteiger partial charge in [-0.1, -0.05) is 224 Å². The van der Waals surface area contributed by atoms with Crippen molar-refractivity contribution in [3.05, 3.63) is 295 Å². The first kappa shape index (κ1) is 39.6. The molecule has 1 spiro atoms. The lowest BCUT2D eigenvalue weighted by atomic mass is 9.68. The van der Waals surface area contributed by atoms with E-state index in [2.05, 4.69) is 278 Å². The van der Waals surface area contributed by atoms with Crippen LogP contribution in [0.1, 0.15) is 22.3 Å². The van der Waals surface area contributed by atoms with Gasteiger partial charge in [-0.3, -0.25) is 0 Å². The second kappa shape index (κ2) is 16.3. The molecule has 0 radical (unpaired) electrons. The number of anilines is 3. The van der Waals surface area contributed by atoms with E-state index in [0.717, 1.165) is 39.3 Å². The van der Waals surface area contributed by atoms with Crippen LogP contribution in [0, 0.1) is 0 Å². The minimum Gasteiger partial charge on any atom is -0.310 e. The Morgan fingerprint density at radius 3 is 0.926 bits per heavy atom. The Morgan fingerprint density at radius 2 is 0.529 bits per heavy atom. The van der Waals surface area contributed by atoms with Crippen LogP contribution in [0.5, 0.6) is 0 Å². The monoisotopic (exact) mass is 863 g/mol. The number of rotatable bonds is 8. The summed E-state index contributed by atoms with van der Waals surface area (Å²) < 4.78 is 0. The van der Waals surface area contributed by atoms with E-state index in [9.17, 15) is 0 Å². The fourth-order valence-electron chi connectivity index (χ4n) is 11.3. The topological polar surface area (TPSA) is 3.24 Å². The van der Waals surface area contributed by atoms with E-state index in [1.54, 1.807) is 0 Å². The molecule has 0 heterocycles. The van der Waals surface area contributed by atoms with Gasteiger partial charge in [0.05, 0.1) is 5.41 Å². The van der Waals surface area contributed by atoms with Crippen molar-refractivity contribution in [3.8, 4) is 77.9 Å². The highest BCUT2D eigenvalue weighted by Crippen LogP contribution is 2.64. The average molecular weight is 864 g/mol. The molecule has 0 aliphatic heterocycles. The van der Waals surface area contributed by atoms with Crippen LogP contribution in [0.2, 0.25) is 0 Å². The molecule has 13 rings (SSSR count). The minimum absolute atomic E-state index is 0.447. The summed E-state index contributed by atoms with van der Waals surface area (Å²) in [7, 11) is 0. The predicted molar refractivity (Wildman–Crippen MR) is 285 cm³/mol. The summed E-state index contributed by atoms with van der Waals surface area (Å²) in [6.07, 6.45) is 0. The summed E-state index contributed by atoms with van der Waals surface area (Å²) in [6.45, 7) is 0. The first-order valence-corrected chi connectivity index (χ1v) is 23.6. The van der Waals surface area contributed by atoms with Gasteiger partial charge in [0.15, 0.2) is 0 Å². The van der Waals surface area contributed by atoms with Crippen LogP contribution in [0.3, 0.4) is 0 Å². The van der Waals surface area contributed by atoms with Crippen molar-refractivity contribution in [3.63, 3.8) is 0 Å². The van der Waals surface area contributed by atoms with Crippen LogP contribution < -0.4 is 4.90 Å². The first-order valence-electron chi connectivity index (χ1n) is 23.6. The van der Waals surface area contributed by atoms with Crippen molar-refractivity contribution >= 4 is 17.1 Å². The summed E-state index contributed by atoms with van der Waals surface area (Å²) in [6, 6.07) is 101. The SMILES string of the molecule is c1ccc(-c2cc(-c3ccccc3)cc(N(c3ccc(-c4cccc5c4C4(c6ccccc6-c6ccccc64)c4ccccc4-5)cc3)c3cc(-c4ccccc4)cc(-c4ccccc4)c3)c2)cc1. The highest BCUT2D eigenvalue weighted by molar-refractivity contribution is 5.99. The molecular weight excluding hydrogens is 819 g/mol. The number of hydrogen-bond acceptors (Lipinski definition) is 1. The highest BCUT2D eigenvalue weighted by Gasteiger charge is 2.52. The molecule has 0 bridgehead atoms. The van der Waals surface area contributed by atoms with Gasteiger partial charge >= 0.3 is 0 Å². The maximum atomic E-state index is 2.46. The van der Waals surface area contributed by atoms with Crippen molar-refractivity contribution < 1.29 is 0 Å². The van der Waals surface area contributed by atoms with E-state index in [1.807, 2.05) is 0 Å². The molecule has 0 saturated carbocycles. The molecule has 0 aromatic heterocycles. The standard InChI is InChI=1S/C67H45N/c1-5-20-46(21-6-1)51-40-52(47-22-7-2-8-23-47)43-56(42-51)68(57-44-53(48-24-9-3-10-25-48)41-54(45-57)49-26-11-4-12-27-49)55-38-36-50(37-39-55)58-31-19-32-62-61-30-15-18-35-65(61)67(66(58)62)63-33-16-13-28-59(63)60-29-14-17-34-64(60)67/h1-45H. The Morgan fingerprint density at radius 1 is 0.206 bits per heavy atom. The fraction of sp³-hybridized carbons (Fsp3) is 0.0149. The summed E-state index contributed by atoms with van der Waals surface area (Å²) in [5, 5.41) is 0. The van der Waals surface area contributed by atoms with Gasteiger partial charge in [0.1, 0.15) is 0 Å². The summed E-state index contributed by atoms with van der Waals surface area (Å²) in [5.74, 6) is 0. The van der Waals surface area contributed by atoms with E-state index in [-0.39, 0.29) is 0 Å². The zero-order valence-electron chi connectivity index (χ0n) is 37.4. The summed E-state index contributed by atoms with van der Waals surface area (Å²) in [5.41, 5.74) is 25.2. The van der Waals surface area contributed by atoms with Crippen molar-refractivity contribution in [2.75, 3.05) is 4.90 Å². The Kier molecular flexibility index (Phi) is 9.47. The molecule has 11 aromatic carbocycles. The van der Waals surface area contributed by atoms with Gasteiger partial charge in [-0.05, 0) is 149 Å². The Bertz CT molecular complexity index is 3340. The normalized spacial score (nSPS) is 12.5. The van der Waals surface area contributed by atoms with Crippen molar-refractivity contribution in [1.82, 2.24) is 0 Å². The molecule has 2 aliphatic carbocycles. The molecule has 0 atom stereocenters. The summed E-state index contributed by atoms with van der Waals surface area (Å²) in [4.78, 5) is 2.46. The van der Waals surface area contributed by atoms with E-state index < -0.39 is 5.41 Å². The fourth-order valence-corrected chi connectivity index (χ4v) is 11.3. The molecule has 2 aliphatic rings. The molecular formula is C67H45N. The van der Waals surface area contributed by atoms with E-state index in [1.165, 1.54) is 77.9 Å². The minimum atomic E-state index is -0.447. The lowest BCUT2D eigenvalue weighted by Gasteiger charge is -2.32. The Hall–Kier alpha value is -8.78. The van der Waals surface area contributed by atoms with Gasteiger partial charge in [-0.2, -0.15) is 0 Å². The lowest BCUT2D eigenvalue weighted by molar-refractivity contribution is 0.796. The van der Waals surface area contributed by atoms with Gasteiger partial charge in [0.25, 0.3) is 0 Å². The third-order valence-corrected chi connectivity index (χ3v) is 14.2. The maximum Gasteiger partial charge on any atom is 0.0731 e. The molecule has 1 heteroatoms. The van der Waals surface area contributed by atoms with Gasteiger partial charge in [0, 0.05) is 17.1 Å². The van der Waals surface area contributed by atoms with Gasteiger partial charge < -0.3 is 4.90 Å². The molecule has 11 aromatic rings. The van der Waals surface area contributed by atoms with E-state index >= 15 is 0 Å². The smallest absolute Gasteiger partial charge is 0.0731 e. The van der Waals surface area contributed by atoms with Crippen LogP contribution in [0.15, 0.2) is 273 Å². The van der Waals surface area contributed by atoms with E-state index in [0.29, 0.717) is 0 Å². The second-order valence-electron chi connectivity index (χ2n) is 18.0. The molecule has 68 heavy (non-hydrogen) atoms. The van der Waals surface area contributed by atoms with Gasteiger partial charge in [-0.25, -0.2) is 0 Å². The van der Waals surface area contributed by atoms with Crippen LogP contribution in [-0.2, 0) is 5.41 Å². The largest absolute Gasteiger partial charge is 0.310 e.